The highest BCUT2D eigenvalue weighted by Crippen LogP contribution is 2.15. The zero-order valence-corrected chi connectivity index (χ0v) is 10.9. The number of aromatic nitrogens is 1. The van der Waals surface area contributed by atoms with Gasteiger partial charge in [0.15, 0.2) is 0 Å². The molecular weight excluding hydrogens is 248 g/mol. The van der Waals surface area contributed by atoms with E-state index in [1.54, 1.807) is 0 Å². The van der Waals surface area contributed by atoms with Crippen LogP contribution < -0.4 is 10.5 Å². The minimum Gasteiger partial charge on any atom is -0.473 e. The predicted molar refractivity (Wildman–Crippen MR) is 72.6 cm³/mol. The fraction of sp³-hybridized carbons (Fsp3) is 0.214. The molecule has 0 saturated carbocycles. The van der Waals surface area contributed by atoms with Gasteiger partial charge in [-0.2, -0.15) is 0 Å². The Bertz CT molecular complexity index is 543. The first kappa shape index (κ1) is 12.9. The van der Waals surface area contributed by atoms with Crippen molar-refractivity contribution in [2.24, 2.45) is 5.73 Å². The zero-order valence-electron chi connectivity index (χ0n) is 10.2. The van der Waals surface area contributed by atoms with Crippen molar-refractivity contribution in [3.63, 3.8) is 0 Å². The second-order valence-corrected chi connectivity index (χ2v) is 4.45. The molecule has 0 amide bonds. The average Bonchev–Trinajstić information content (AvgIpc) is 2.37. The van der Waals surface area contributed by atoms with Gasteiger partial charge < -0.3 is 10.5 Å². The van der Waals surface area contributed by atoms with Crippen LogP contribution in [0.25, 0.3) is 0 Å². The van der Waals surface area contributed by atoms with Gasteiger partial charge in [0, 0.05) is 23.3 Å². The molecule has 0 radical (unpaired) electrons. The second-order valence-electron chi connectivity index (χ2n) is 4.02. The van der Waals surface area contributed by atoms with Crippen molar-refractivity contribution >= 4 is 11.6 Å². The lowest BCUT2D eigenvalue weighted by Gasteiger charge is -2.08. The van der Waals surface area contributed by atoms with Gasteiger partial charge in [0.2, 0.25) is 5.88 Å². The van der Waals surface area contributed by atoms with Gasteiger partial charge in [-0.15, -0.1) is 0 Å². The van der Waals surface area contributed by atoms with Crippen LogP contribution in [0.1, 0.15) is 16.8 Å². The Labute approximate surface area is 112 Å². The number of ether oxygens (including phenoxy) is 1. The van der Waals surface area contributed by atoms with Gasteiger partial charge in [-0.25, -0.2) is 4.98 Å². The fourth-order valence-electron chi connectivity index (χ4n) is 1.65. The molecule has 0 aliphatic carbocycles. The summed E-state index contributed by atoms with van der Waals surface area (Å²) in [6.45, 7) is 2.87. The molecule has 1 heterocycles. The van der Waals surface area contributed by atoms with E-state index in [9.17, 15) is 0 Å². The highest BCUT2D eigenvalue weighted by molar-refractivity contribution is 6.30. The Balaban J connectivity index is 2.04. The highest BCUT2D eigenvalue weighted by atomic mass is 35.5. The second kappa shape index (κ2) is 5.85. The summed E-state index contributed by atoms with van der Waals surface area (Å²) in [7, 11) is 0. The molecule has 94 valence electrons. The van der Waals surface area contributed by atoms with Crippen LogP contribution in [0.4, 0.5) is 0 Å². The summed E-state index contributed by atoms with van der Waals surface area (Å²) in [5.74, 6) is 0.602. The summed E-state index contributed by atoms with van der Waals surface area (Å²) in [4.78, 5) is 4.35. The first-order chi connectivity index (χ1) is 8.69. The monoisotopic (exact) mass is 262 g/mol. The van der Waals surface area contributed by atoms with Crippen molar-refractivity contribution in [2.45, 2.75) is 20.1 Å². The molecule has 0 bridgehead atoms. The maximum Gasteiger partial charge on any atom is 0.213 e. The minimum atomic E-state index is 0.453. The van der Waals surface area contributed by atoms with Gasteiger partial charge in [-0.1, -0.05) is 29.8 Å². The third-order valence-electron chi connectivity index (χ3n) is 2.67. The number of aryl methyl sites for hydroxylation is 1. The van der Waals surface area contributed by atoms with Crippen LogP contribution in [-0.2, 0) is 13.2 Å². The van der Waals surface area contributed by atoms with Crippen molar-refractivity contribution in [1.82, 2.24) is 4.98 Å². The van der Waals surface area contributed by atoms with Crippen LogP contribution in [0.5, 0.6) is 5.88 Å². The standard InChI is InChI=1S/C14H15ClN2O/c1-10-12(8-16)5-6-14(17-10)18-9-11-3-2-4-13(15)7-11/h2-7H,8-9,16H2,1H3. The molecule has 2 rings (SSSR count). The third-order valence-corrected chi connectivity index (χ3v) is 2.90. The van der Waals surface area contributed by atoms with E-state index in [0.29, 0.717) is 24.1 Å². The quantitative estimate of drug-likeness (QED) is 0.921. The number of nitrogens with two attached hydrogens (primary N) is 1. The van der Waals surface area contributed by atoms with Crippen LogP contribution in [0.3, 0.4) is 0 Å². The van der Waals surface area contributed by atoms with Crippen LogP contribution in [-0.4, -0.2) is 4.98 Å². The fourth-order valence-corrected chi connectivity index (χ4v) is 1.86. The molecule has 1 aromatic carbocycles. The summed E-state index contributed by atoms with van der Waals surface area (Å²) in [6.07, 6.45) is 0. The molecule has 2 aromatic rings. The first-order valence-electron chi connectivity index (χ1n) is 5.73. The third kappa shape index (κ3) is 3.22. The number of halogens is 1. The van der Waals surface area contributed by atoms with Crippen LogP contribution in [0.2, 0.25) is 5.02 Å². The maximum absolute atomic E-state index is 5.91. The first-order valence-corrected chi connectivity index (χ1v) is 6.10. The van der Waals surface area contributed by atoms with E-state index in [2.05, 4.69) is 4.98 Å². The predicted octanol–water partition coefficient (Wildman–Crippen LogP) is 3.08. The molecular formula is C14H15ClN2O. The lowest BCUT2D eigenvalue weighted by atomic mass is 10.2. The van der Waals surface area contributed by atoms with Crippen molar-refractivity contribution in [3.05, 3.63) is 58.2 Å². The van der Waals surface area contributed by atoms with E-state index in [0.717, 1.165) is 16.8 Å². The van der Waals surface area contributed by atoms with E-state index in [1.807, 2.05) is 43.3 Å². The number of rotatable bonds is 4. The average molecular weight is 263 g/mol. The summed E-state index contributed by atoms with van der Waals surface area (Å²) >= 11 is 5.91. The Morgan fingerprint density at radius 2 is 2.11 bits per heavy atom. The molecule has 4 heteroatoms. The molecule has 0 aliphatic heterocycles. The van der Waals surface area contributed by atoms with Gasteiger partial charge >= 0.3 is 0 Å². The Hall–Kier alpha value is -1.58. The summed E-state index contributed by atoms with van der Waals surface area (Å²) in [5, 5.41) is 0.707. The molecule has 0 spiro atoms. The summed E-state index contributed by atoms with van der Waals surface area (Å²) in [5.41, 5.74) is 8.54. The van der Waals surface area contributed by atoms with Crippen molar-refractivity contribution in [2.75, 3.05) is 0 Å². The number of pyridine rings is 1. The lowest BCUT2D eigenvalue weighted by molar-refractivity contribution is 0.293. The highest BCUT2D eigenvalue weighted by Gasteiger charge is 2.02. The SMILES string of the molecule is Cc1nc(OCc2cccc(Cl)c2)ccc1CN. The smallest absolute Gasteiger partial charge is 0.213 e. The van der Waals surface area contributed by atoms with Gasteiger partial charge in [0.25, 0.3) is 0 Å². The van der Waals surface area contributed by atoms with E-state index in [4.69, 9.17) is 22.1 Å². The molecule has 0 fully saturated rings. The summed E-state index contributed by atoms with van der Waals surface area (Å²) in [6, 6.07) is 11.4. The zero-order chi connectivity index (χ0) is 13.0. The molecule has 0 saturated heterocycles. The number of hydrogen-bond donors (Lipinski definition) is 1. The molecule has 1 aromatic heterocycles. The maximum atomic E-state index is 5.91. The largest absolute Gasteiger partial charge is 0.473 e. The van der Waals surface area contributed by atoms with E-state index < -0.39 is 0 Å². The Morgan fingerprint density at radius 1 is 1.28 bits per heavy atom. The number of benzene rings is 1. The van der Waals surface area contributed by atoms with Gasteiger partial charge in [-0.05, 0) is 30.2 Å². The van der Waals surface area contributed by atoms with Gasteiger partial charge in [0.1, 0.15) is 6.61 Å². The topological polar surface area (TPSA) is 48.1 Å². The van der Waals surface area contributed by atoms with Crippen LogP contribution in [0, 0.1) is 6.92 Å². The molecule has 0 unspecified atom stereocenters. The van der Waals surface area contributed by atoms with Gasteiger partial charge in [-0.3, -0.25) is 0 Å². The lowest BCUT2D eigenvalue weighted by Crippen LogP contribution is -2.03. The van der Waals surface area contributed by atoms with E-state index >= 15 is 0 Å². The molecule has 18 heavy (non-hydrogen) atoms. The number of hydrogen-bond acceptors (Lipinski definition) is 3. The van der Waals surface area contributed by atoms with Crippen molar-refractivity contribution in [3.8, 4) is 5.88 Å². The van der Waals surface area contributed by atoms with E-state index in [-0.39, 0.29) is 0 Å². The van der Waals surface area contributed by atoms with Crippen LogP contribution >= 0.6 is 11.6 Å². The molecule has 3 nitrogen and oxygen atoms in total. The Morgan fingerprint density at radius 3 is 2.78 bits per heavy atom. The minimum absolute atomic E-state index is 0.453. The number of nitrogens with zero attached hydrogens (tertiary/aromatic N) is 1. The molecule has 2 N–H and O–H groups in total. The van der Waals surface area contributed by atoms with Crippen molar-refractivity contribution in [1.29, 1.82) is 0 Å². The molecule has 0 atom stereocenters. The normalized spacial score (nSPS) is 10.4. The summed E-state index contributed by atoms with van der Waals surface area (Å²) < 4.78 is 5.62. The van der Waals surface area contributed by atoms with Crippen molar-refractivity contribution < 1.29 is 4.74 Å². The van der Waals surface area contributed by atoms with Gasteiger partial charge in [0.05, 0.1) is 0 Å². The van der Waals surface area contributed by atoms with E-state index in [1.165, 1.54) is 0 Å². The van der Waals surface area contributed by atoms with Crippen LogP contribution in [0.15, 0.2) is 36.4 Å². The molecule has 0 aliphatic rings. The Kier molecular flexibility index (Phi) is 4.18.